The third kappa shape index (κ3) is 3.65. The molecule has 130 valence electrons. The van der Waals surface area contributed by atoms with Crippen molar-refractivity contribution in [1.29, 1.82) is 0 Å². The van der Waals surface area contributed by atoms with E-state index in [1.165, 1.54) is 12.1 Å². The topological polar surface area (TPSA) is 89.0 Å². The quantitative estimate of drug-likeness (QED) is 0.794. The van der Waals surface area contributed by atoms with Crippen molar-refractivity contribution in [3.05, 3.63) is 35.4 Å². The van der Waals surface area contributed by atoms with Crippen LogP contribution < -0.4 is 10.9 Å². The van der Waals surface area contributed by atoms with E-state index in [1.54, 1.807) is 0 Å². The van der Waals surface area contributed by atoms with Crippen LogP contribution in [0.25, 0.3) is 0 Å². The molecule has 0 saturated heterocycles. The molecule has 24 heavy (non-hydrogen) atoms. The number of halogens is 3. The number of amidine groups is 1. The molecule has 0 bridgehead atoms. The number of hydrogen-bond donors (Lipinski definition) is 2. The first-order chi connectivity index (χ1) is 11.3. The number of rotatable bonds is 3. The highest BCUT2D eigenvalue weighted by Crippen LogP contribution is 2.31. The number of esters is 2. The van der Waals surface area contributed by atoms with Crippen molar-refractivity contribution in [2.24, 2.45) is 4.99 Å². The summed E-state index contributed by atoms with van der Waals surface area (Å²) in [4.78, 5) is 27.4. The molecule has 2 atom stereocenters. The molecular formula is C14H14F3N3O4. The van der Waals surface area contributed by atoms with Crippen LogP contribution in [0, 0.1) is 0 Å². The molecule has 0 aromatic heterocycles. The average Bonchev–Trinajstić information content (AvgIpc) is 2.59. The van der Waals surface area contributed by atoms with Gasteiger partial charge < -0.3 is 9.47 Å². The van der Waals surface area contributed by atoms with E-state index >= 15 is 0 Å². The predicted octanol–water partition coefficient (Wildman–Crippen LogP) is 0.967. The Kier molecular flexibility index (Phi) is 5.07. The minimum Gasteiger partial charge on any atom is -0.468 e. The lowest BCUT2D eigenvalue weighted by molar-refractivity contribution is -0.144. The standard InChI is InChI=1S/C14H14F3N3O4/c1-23-12(21)10-9(18-11(20-19-10)13(22)24-2)7-3-5-8(6-4-7)14(15,16)17/h3-6,9-10,19H,1-2H3,(H,18,20)/t9-,10+/m1/s1. The first kappa shape index (κ1) is 17.7. The zero-order valence-electron chi connectivity index (χ0n) is 12.7. The second-order valence-electron chi connectivity index (χ2n) is 4.80. The number of nitrogens with one attached hydrogen (secondary N) is 2. The van der Waals surface area contributed by atoms with E-state index < -0.39 is 35.8 Å². The van der Waals surface area contributed by atoms with Crippen molar-refractivity contribution in [2.75, 3.05) is 14.2 Å². The summed E-state index contributed by atoms with van der Waals surface area (Å²) in [6.07, 6.45) is -4.48. The van der Waals surface area contributed by atoms with Crippen molar-refractivity contribution in [2.45, 2.75) is 18.3 Å². The monoisotopic (exact) mass is 345 g/mol. The fourth-order valence-corrected chi connectivity index (χ4v) is 2.12. The number of carbonyl (C=O) groups is 2. The SMILES string of the molecule is COC(=O)C1=N[C@H](c2ccc(C(F)(F)F)cc2)[C@@H](C(=O)OC)NN1. The smallest absolute Gasteiger partial charge is 0.416 e. The molecule has 0 spiro atoms. The molecule has 2 N–H and O–H groups in total. The van der Waals surface area contributed by atoms with Crippen molar-refractivity contribution < 1.29 is 32.2 Å². The number of hydrogen-bond acceptors (Lipinski definition) is 7. The number of hydrazine groups is 1. The summed E-state index contributed by atoms with van der Waals surface area (Å²) in [6.45, 7) is 0. The van der Waals surface area contributed by atoms with Gasteiger partial charge in [0.05, 0.1) is 19.8 Å². The van der Waals surface area contributed by atoms with Crippen LogP contribution in [0.3, 0.4) is 0 Å². The highest BCUT2D eigenvalue weighted by molar-refractivity contribution is 6.35. The summed E-state index contributed by atoms with van der Waals surface area (Å²) in [7, 11) is 2.30. The van der Waals surface area contributed by atoms with Gasteiger partial charge in [0.25, 0.3) is 0 Å². The van der Waals surface area contributed by atoms with Gasteiger partial charge in [0.2, 0.25) is 5.84 Å². The van der Waals surface area contributed by atoms with Gasteiger partial charge in [0.15, 0.2) is 0 Å². The Hall–Kier alpha value is -2.62. The van der Waals surface area contributed by atoms with Gasteiger partial charge in [-0.15, -0.1) is 0 Å². The predicted molar refractivity (Wildman–Crippen MR) is 75.7 cm³/mol. The molecule has 0 amide bonds. The zero-order chi connectivity index (χ0) is 17.9. The van der Waals surface area contributed by atoms with Crippen LogP contribution in [0.4, 0.5) is 13.2 Å². The number of alkyl halides is 3. The van der Waals surface area contributed by atoms with Crippen molar-refractivity contribution >= 4 is 17.8 Å². The lowest BCUT2D eigenvalue weighted by Crippen LogP contribution is -2.56. The Labute approximate surface area is 134 Å². The van der Waals surface area contributed by atoms with Crippen molar-refractivity contribution in [1.82, 2.24) is 10.9 Å². The Morgan fingerprint density at radius 1 is 1.12 bits per heavy atom. The Morgan fingerprint density at radius 2 is 1.75 bits per heavy atom. The van der Waals surface area contributed by atoms with E-state index in [0.29, 0.717) is 5.56 Å². The van der Waals surface area contributed by atoms with Crippen molar-refractivity contribution in [3.8, 4) is 0 Å². The molecule has 1 aliphatic heterocycles. The minimum atomic E-state index is -4.48. The van der Waals surface area contributed by atoms with Gasteiger partial charge in [-0.3, -0.25) is 15.2 Å². The van der Waals surface area contributed by atoms with Crippen LogP contribution in [0.5, 0.6) is 0 Å². The summed E-state index contributed by atoms with van der Waals surface area (Å²) < 4.78 is 47.1. The van der Waals surface area contributed by atoms with Gasteiger partial charge in [0, 0.05) is 0 Å². The summed E-state index contributed by atoms with van der Waals surface area (Å²) >= 11 is 0. The molecule has 1 aromatic rings. The molecular weight excluding hydrogens is 331 g/mol. The van der Waals surface area contributed by atoms with Crippen LogP contribution in [-0.4, -0.2) is 38.0 Å². The van der Waals surface area contributed by atoms with E-state index in [4.69, 9.17) is 0 Å². The average molecular weight is 345 g/mol. The van der Waals surface area contributed by atoms with Crippen molar-refractivity contribution in [3.63, 3.8) is 0 Å². The number of methoxy groups -OCH3 is 2. The van der Waals surface area contributed by atoms with Crippen LogP contribution in [0.1, 0.15) is 17.2 Å². The second-order valence-corrected chi connectivity index (χ2v) is 4.80. The molecule has 1 aromatic carbocycles. The third-order valence-corrected chi connectivity index (χ3v) is 3.34. The summed E-state index contributed by atoms with van der Waals surface area (Å²) in [5, 5.41) is 0. The lowest BCUT2D eigenvalue weighted by atomic mass is 9.98. The normalized spacial score (nSPS) is 20.6. The number of benzene rings is 1. The first-order valence-corrected chi connectivity index (χ1v) is 6.70. The van der Waals surface area contributed by atoms with Gasteiger partial charge in [-0.25, -0.2) is 10.2 Å². The highest BCUT2D eigenvalue weighted by Gasteiger charge is 2.36. The molecule has 10 heteroatoms. The van der Waals surface area contributed by atoms with Crippen LogP contribution in [-0.2, 0) is 25.2 Å². The Bertz CT molecular complexity index is 658. The van der Waals surface area contributed by atoms with E-state index in [9.17, 15) is 22.8 Å². The third-order valence-electron chi connectivity index (χ3n) is 3.34. The molecule has 0 unspecified atom stereocenters. The van der Waals surface area contributed by atoms with Crippen LogP contribution in [0.15, 0.2) is 29.3 Å². The second kappa shape index (κ2) is 6.87. The maximum atomic E-state index is 12.6. The van der Waals surface area contributed by atoms with E-state index in [1.807, 2.05) is 0 Å². The van der Waals surface area contributed by atoms with Gasteiger partial charge >= 0.3 is 18.1 Å². The summed E-state index contributed by atoms with van der Waals surface area (Å²) in [5.74, 6) is -1.69. The van der Waals surface area contributed by atoms with E-state index in [2.05, 4.69) is 25.3 Å². The zero-order valence-corrected chi connectivity index (χ0v) is 12.7. The molecule has 0 fully saturated rings. The van der Waals surface area contributed by atoms with Gasteiger partial charge in [-0.2, -0.15) is 13.2 Å². The molecule has 1 heterocycles. The molecule has 2 rings (SSSR count). The highest BCUT2D eigenvalue weighted by atomic mass is 19.4. The number of aliphatic imine (C=N–C) groups is 1. The summed E-state index contributed by atoms with van der Waals surface area (Å²) in [5.41, 5.74) is 4.43. The maximum absolute atomic E-state index is 12.6. The van der Waals surface area contributed by atoms with Crippen LogP contribution >= 0.6 is 0 Å². The fraction of sp³-hybridized carbons (Fsp3) is 0.357. The maximum Gasteiger partial charge on any atom is 0.416 e. The number of ether oxygens (including phenoxy) is 2. The van der Waals surface area contributed by atoms with Crippen LogP contribution in [0.2, 0.25) is 0 Å². The summed E-state index contributed by atoms with van der Waals surface area (Å²) in [6, 6.07) is 2.14. The first-order valence-electron chi connectivity index (χ1n) is 6.70. The lowest BCUT2D eigenvalue weighted by Gasteiger charge is -2.29. The van der Waals surface area contributed by atoms with E-state index in [0.717, 1.165) is 26.4 Å². The number of carbonyl (C=O) groups excluding carboxylic acids is 2. The van der Waals surface area contributed by atoms with E-state index in [-0.39, 0.29) is 5.84 Å². The molecule has 0 saturated carbocycles. The molecule has 0 aliphatic carbocycles. The Morgan fingerprint density at radius 3 is 2.25 bits per heavy atom. The van der Waals surface area contributed by atoms with Gasteiger partial charge in [-0.1, -0.05) is 12.1 Å². The minimum absolute atomic E-state index is 0.206. The Balaban J connectivity index is 2.39. The molecule has 0 radical (unpaired) electrons. The largest absolute Gasteiger partial charge is 0.468 e. The van der Waals surface area contributed by atoms with Gasteiger partial charge in [0.1, 0.15) is 12.1 Å². The number of nitrogens with zero attached hydrogens (tertiary/aromatic N) is 1. The fourth-order valence-electron chi connectivity index (χ4n) is 2.12. The molecule has 1 aliphatic rings. The molecule has 7 nitrogen and oxygen atoms in total. The van der Waals surface area contributed by atoms with Gasteiger partial charge in [-0.05, 0) is 17.7 Å².